The van der Waals surface area contributed by atoms with E-state index in [1.807, 2.05) is 97.3 Å². The Labute approximate surface area is 245 Å². The summed E-state index contributed by atoms with van der Waals surface area (Å²) in [6.45, 7) is 6.99. The molecule has 2 saturated heterocycles. The van der Waals surface area contributed by atoms with E-state index >= 15 is 0 Å². The van der Waals surface area contributed by atoms with E-state index in [1.165, 1.54) is 0 Å². The lowest BCUT2D eigenvalue weighted by molar-refractivity contribution is -0.152. The molecule has 1 aromatic heterocycles. The number of amides is 3. The van der Waals surface area contributed by atoms with Crippen molar-refractivity contribution in [2.24, 2.45) is 5.41 Å². The van der Waals surface area contributed by atoms with Crippen molar-refractivity contribution in [2.75, 3.05) is 13.1 Å². The van der Waals surface area contributed by atoms with Crippen LogP contribution < -0.4 is 10.1 Å². The second-order valence-corrected chi connectivity index (χ2v) is 12.2. The number of nitrogens with zero attached hydrogens (tertiary/aromatic N) is 2. The van der Waals surface area contributed by atoms with Crippen LogP contribution >= 0.6 is 0 Å². The van der Waals surface area contributed by atoms with Crippen LogP contribution in [0.3, 0.4) is 0 Å². The second kappa shape index (κ2) is 11.0. The molecule has 3 aromatic carbocycles. The van der Waals surface area contributed by atoms with Gasteiger partial charge in [0.25, 0.3) is 11.8 Å². The van der Waals surface area contributed by atoms with Gasteiger partial charge in [0.15, 0.2) is 0 Å². The van der Waals surface area contributed by atoms with Crippen molar-refractivity contribution < 1.29 is 19.1 Å². The second-order valence-electron chi connectivity index (χ2n) is 12.2. The molecule has 3 heterocycles. The number of para-hydroxylation sites is 2. The molecule has 1 unspecified atom stereocenters. The highest BCUT2D eigenvalue weighted by molar-refractivity contribution is 6.00. The highest BCUT2D eigenvalue weighted by atomic mass is 16.5. The topological polar surface area (TPSA) is 94.7 Å². The molecule has 0 bridgehead atoms. The zero-order valence-corrected chi connectivity index (χ0v) is 24.2. The fourth-order valence-corrected chi connectivity index (χ4v) is 6.00. The summed E-state index contributed by atoms with van der Waals surface area (Å²) in [5.74, 6) is 0.947. The van der Waals surface area contributed by atoms with Gasteiger partial charge in [0, 0.05) is 29.6 Å². The predicted molar refractivity (Wildman–Crippen MR) is 162 cm³/mol. The van der Waals surface area contributed by atoms with Crippen molar-refractivity contribution in [1.82, 2.24) is 20.1 Å². The first kappa shape index (κ1) is 27.6. The van der Waals surface area contributed by atoms with Crippen LogP contribution in [0.25, 0.3) is 10.9 Å². The third kappa shape index (κ3) is 5.36. The van der Waals surface area contributed by atoms with Crippen molar-refractivity contribution in [3.05, 3.63) is 96.2 Å². The van der Waals surface area contributed by atoms with Gasteiger partial charge in [0.05, 0.1) is 12.1 Å². The number of ether oxygens (including phenoxy) is 1. The van der Waals surface area contributed by atoms with Crippen LogP contribution in [0.15, 0.2) is 84.9 Å². The van der Waals surface area contributed by atoms with Gasteiger partial charge in [-0.15, -0.1) is 0 Å². The predicted octanol–water partition coefficient (Wildman–Crippen LogP) is 5.62. The van der Waals surface area contributed by atoms with Gasteiger partial charge in [-0.3, -0.25) is 14.4 Å². The normalized spacial score (nSPS) is 19.0. The number of carbonyl (C=O) groups excluding carboxylic acids is 3. The van der Waals surface area contributed by atoms with Gasteiger partial charge >= 0.3 is 0 Å². The van der Waals surface area contributed by atoms with Gasteiger partial charge in [0.2, 0.25) is 5.91 Å². The Balaban J connectivity index is 1.12. The molecule has 6 rings (SSSR count). The molecular formula is C34H36N4O4. The van der Waals surface area contributed by atoms with Crippen molar-refractivity contribution in [2.45, 2.75) is 51.7 Å². The molecule has 0 aliphatic carbocycles. The molecule has 2 aliphatic heterocycles. The highest BCUT2D eigenvalue weighted by Crippen LogP contribution is 2.35. The molecule has 2 aliphatic rings. The summed E-state index contributed by atoms with van der Waals surface area (Å²) < 4.78 is 5.87. The average molecular weight is 565 g/mol. The van der Waals surface area contributed by atoms with Crippen molar-refractivity contribution in [3.63, 3.8) is 0 Å². The number of hydrogen-bond donors (Lipinski definition) is 2. The largest absolute Gasteiger partial charge is 0.457 e. The summed E-state index contributed by atoms with van der Waals surface area (Å²) in [7, 11) is 0. The van der Waals surface area contributed by atoms with Crippen molar-refractivity contribution in [3.8, 4) is 11.5 Å². The Morgan fingerprint density at radius 1 is 0.881 bits per heavy atom. The number of rotatable bonds is 6. The summed E-state index contributed by atoms with van der Waals surface area (Å²) in [6, 6.07) is 25.4. The smallest absolute Gasteiger partial charge is 0.268 e. The number of piperidine rings is 1. The maximum absolute atomic E-state index is 13.9. The Kier molecular flexibility index (Phi) is 7.22. The molecule has 0 spiro atoms. The molecule has 0 saturated carbocycles. The Morgan fingerprint density at radius 2 is 1.57 bits per heavy atom. The maximum Gasteiger partial charge on any atom is 0.268 e. The number of carbonyl (C=O) groups is 3. The summed E-state index contributed by atoms with van der Waals surface area (Å²) in [4.78, 5) is 47.6. The molecule has 0 radical (unpaired) electrons. The molecule has 8 heteroatoms. The van der Waals surface area contributed by atoms with Gasteiger partial charge in [-0.05, 0) is 66.8 Å². The number of hydrogen-bond acceptors (Lipinski definition) is 4. The molecule has 42 heavy (non-hydrogen) atoms. The number of benzene rings is 3. The lowest BCUT2D eigenvalue weighted by Crippen LogP contribution is -2.73. The van der Waals surface area contributed by atoms with Crippen LogP contribution in [-0.2, 0) is 4.79 Å². The lowest BCUT2D eigenvalue weighted by Gasteiger charge is -2.56. The van der Waals surface area contributed by atoms with Gasteiger partial charge in [0.1, 0.15) is 23.2 Å². The van der Waals surface area contributed by atoms with E-state index in [-0.39, 0.29) is 29.8 Å². The quantitative estimate of drug-likeness (QED) is 0.318. The first-order chi connectivity index (χ1) is 20.2. The Hall–Kier alpha value is -4.59. The van der Waals surface area contributed by atoms with Gasteiger partial charge in [-0.25, -0.2) is 0 Å². The van der Waals surface area contributed by atoms with Crippen LogP contribution in [0.2, 0.25) is 0 Å². The van der Waals surface area contributed by atoms with Crippen LogP contribution in [0.5, 0.6) is 11.5 Å². The van der Waals surface area contributed by atoms with Crippen molar-refractivity contribution in [1.29, 1.82) is 0 Å². The third-order valence-electron chi connectivity index (χ3n) is 8.31. The number of fused-ring (bicyclic) bond motifs is 2. The first-order valence-corrected chi connectivity index (χ1v) is 14.5. The number of aromatic amines is 1. The Morgan fingerprint density at radius 3 is 2.29 bits per heavy atom. The lowest BCUT2D eigenvalue weighted by atomic mass is 9.81. The fraction of sp³-hybridized carbons (Fsp3) is 0.324. The number of H-pyrrole nitrogens is 1. The van der Waals surface area contributed by atoms with E-state index in [2.05, 4.69) is 10.3 Å². The maximum atomic E-state index is 13.9. The molecule has 8 nitrogen and oxygen atoms in total. The zero-order valence-electron chi connectivity index (χ0n) is 24.2. The standard InChI is InChI=1S/C34H36N4O4/c1-34(2,3)30(36-31(39)27-20-23-10-7-8-13-26(23)35-27)33(41)38-21-29-28(38)14-9-19-37(29)32(40)22-15-17-25(18-16-22)42-24-11-5-4-6-12-24/h4-8,10-13,15-18,20,28-30,35H,9,14,19,21H2,1-3H3,(H,36,39)/t28?,29-,30-/m1/s1. The molecule has 3 atom stereocenters. The van der Waals surface area contributed by atoms with Crippen LogP contribution in [-0.4, -0.2) is 63.7 Å². The van der Waals surface area contributed by atoms with E-state index in [0.717, 1.165) is 29.5 Å². The summed E-state index contributed by atoms with van der Waals surface area (Å²) in [5, 5.41) is 3.95. The number of likely N-dealkylation sites (tertiary alicyclic amines) is 2. The van der Waals surface area contributed by atoms with E-state index in [0.29, 0.717) is 30.1 Å². The van der Waals surface area contributed by atoms with Gasteiger partial charge in [-0.1, -0.05) is 57.2 Å². The monoisotopic (exact) mass is 564 g/mol. The van der Waals surface area contributed by atoms with Gasteiger partial charge in [-0.2, -0.15) is 0 Å². The molecular weight excluding hydrogens is 528 g/mol. The molecule has 2 N–H and O–H groups in total. The van der Waals surface area contributed by atoms with Crippen LogP contribution in [0.4, 0.5) is 0 Å². The Bertz CT molecular complexity index is 1570. The van der Waals surface area contributed by atoms with Crippen molar-refractivity contribution >= 4 is 28.6 Å². The van der Waals surface area contributed by atoms with E-state index in [9.17, 15) is 14.4 Å². The molecule has 216 valence electrons. The summed E-state index contributed by atoms with van der Waals surface area (Å²) in [5.41, 5.74) is 1.39. The van der Waals surface area contributed by atoms with Gasteiger partial charge < -0.3 is 24.8 Å². The number of aromatic nitrogens is 1. The molecule has 2 fully saturated rings. The number of nitrogens with one attached hydrogen (secondary N) is 2. The van der Waals surface area contributed by atoms with Crippen LogP contribution in [0, 0.1) is 5.41 Å². The van der Waals surface area contributed by atoms with E-state index in [1.54, 1.807) is 18.2 Å². The third-order valence-corrected chi connectivity index (χ3v) is 8.31. The van der Waals surface area contributed by atoms with E-state index in [4.69, 9.17) is 4.74 Å². The van der Waals surface area contributed by atoms with E-state index < -0.39 is 11.5 Å². The summed E-state index contributed by atoms with van der Waals surface area (Å²) in [6.07, 6.45) is 1.64. The first-order valence-electron chi connectivity index (χ1n) is 14.5. The fourth-order valence-electron chi connectivity index (χ4n) is 6.00. The minimum atomic E-state index is -0.708. The summed E-state index contributed by atoms with van der Waals surface area (Å²) >= 11 is 0. The molecule has 3 amide bonds. The SMILES string of the molecule is CC(C)(C)[C@H](NC(=O)c1cc2ccccc2[nH]1)C(=O)N1C[C@@H]2C1CCCN2C(=O)c1ccc(Oc2ccccc2)cc1. The molecule has 4 aromatic rings. The zero-order chi connectivity index (χ0) is 29.4. The highest BCUT2D eigenvalue weighted by Gasteiger charge is 2.51. The average Bonchev–Trinajstić information content (AvgIpc) is 3.41. The minimum absolute atomic E-state index is 0.0393. The van der Waals surface area contributed by atoms with Crippen LogP contribution in [0.1, 0.15) is 54.5 Å². The minimum Gasteiger partial charge on any atom is -0.457 e.